The average Bonchev–Trinajstić information content (AvgIpc) is 2.25. The summed E-state index contributed by atoms with van der Waals surface area (Å²) in [6.45, 7) is 2.57. The Labute approximate surface area is 85.7 Å². The predicted molar refractivity (Wildman–Crippen MR) is 53.8 cm³/mol. The molecule has 0 bridgehead atoms. The second-order valence-corrected chi connectivity index (χ2v) is 3.28. The van der Waals surface area contributed by atoms with Gasteiger partial charge >= 0.3 is 0 Å². The van der Waals surface area contributed by atoms with Gasteiger partial charge in [0, 0.05) is 6.61 Å². The number of hydrogen-bond acceptors (Lipinski definition) is 3. The first kappa shape index (κ1) is 11.5. The monoisotopic (exact) mass is 198 g/mol. The predicted octanol–water partition coefficient (Wildman–Crippen LogP) is 1.57. The van der Waals surface area contributed by atoms with Crippen molar-refractivity contribution in [3.63, 3.8) is 0 Å². The SMILES string of the molecule is C#CCOCCCOC1CCCCO1. The standard InChI is InChI=1S/C11H18O3/c1-2-7-12-8-5-10-14-11-6-3-4-9-13-11/h1,11H,3-10H2. The van der Waals surface area contributed by atoms with E-state index in [0.29, 0.717) is 19.8 Å². The summed E-state index contributed by atoms with van der Waals surface area (Å²) < 4.78 is 16.0. The first-order valence-electron chi connectivity index (χ1n) is 5.18. The van der Waals surface area contributed by atoms with Crippen molar-refractivity contribution in [2.75, 3.05) is 26.4 Å². The molecule has 1 heterocycles. The van der Waals surface area contributed by atoms with E-state index in [-0.39, 0.29) is 6.29 Å². The Hall–Kier alpha value is -0.560. The van der Waals surface area contributed by atoms with Gasteiger partial charge in [-0.2, -0.15) is 0 Å². The molecule has 1 aliphatic rings. The molecule has 3 nitrogen and oxygen atoms in total. The second-order valence-electron chi connectivity index (χ2n) is 3.28. The average molecular weight is 198 g/mol. The molecule has 0 amide bonds. The zero-order valence-electron chi connectivity index (χ0n) is 8.54. The summed E-state index contributed by atoms with van der Waals surface area (Å²) in [4.78, 5) is 0. The van der Waals surface area contributed by atoms with Crippen LogP contribution in [0.5, 0.6) is 0 Å². The molecule has 14 heavy (non-hydrogen) atoms. The molecule has 1 aliphatic heterocycles. The molecule has 0 spiro atoms. The first-order valence-corrected chi connectivity index (χ1v) is 5.18. The van der Waals surface area contributed by atoms with E-state index in [4.69, 9.17) is 20.6 Å². The van der Waals surface area contributed by atoms with Gasteiger partial charge in [-0.25, -0.2) is 0 Å². The maximum Gasteiger partial charge on any atom is 0.157 e. The molecule has 0 aromatic rings. The maximum absolute atomic E-state index is 5.51. The molecule has 0 saturated carbocycles. The highest BCUT2D eigenvalue weighted by Crippen LogP contribution is 2.13. The third-order valence-electron chi connectivity index (χ3n) is 2.06. The number of terminal acetylenes is 1. The first-order chi connectivity index (χ1) is 6.93. The molecular weight excluding hydrogens is 180 g/mol. The third-order valence-corrected chi connectivity index (χ3v) is 2.06. The van der Waals surface area contributed by atoms with E-state index in [1.54, 1.807) is 0 Å². The smallest absolute Gasteiger partial charge is 0.157 e. The van der Waals surface area contributed by atoms with Crippen molar-refractivity contribution in [1.29, 1.82) is 0 Å². The lowest BCUT2D eigenvalue weighted by Gasteiger charge is -2.22. The van der Waals surface area contributed by atoms with Gasteiger partial charge in [-0.05, 0) is 25.7 Å². The van der Waals surface area contributed by atoms with E-state index >= 15 is 0 Å². The van der Waals surface area contributed by atoms with Crippen LogP contribution in [0.15, 0.2) is 0 Å². The lowest BCUT2D eigenvalue weighted by atomic mass is 10.2. The van der Waals surface area contributed by atoms with Gasteiger partial charge in [0.1, 0.15) is 6.61 Å². The summed E-state index contributed by atoms with van der Waals surface area (Å²) in [6.07, 6.45) is 9.30. The minimum absolute atomic E-state index is 0.0105. The van der Waals surface area contributed by atoms with Gasteiger partial charge in [0.25, 0.3) is 0 Å². The van der Waals surface area contributed by atoms with Crippen LogP contribution in [-0.2, 0) is 14.2 Å². The Kier molecular flexibility index (Phi) is 6.42. The van der Waals surface area contributed by atoms with Crippen molar-refractivity contribution in [2.45, 2.75) is 32.0 Å². The molecule has 0 N–H and O–H groups in total. The van der Waals surface area contributed by atoms with Gasteiger partial charge in [0.2, 0.25) is 0 Å². The summed E-state index contributed by atoms with van der Waals surface area (Å²) in [6, 6.07) is 0. The van der Waals surface area contributed by atoms with Crippen molar-refractivity contribution in [3.8, 4) is 12.3 Å². The minimum Gasteiger partial charge on any atom is -0.369 e. The van der Waals surface area contributed by atoms with E-state index in [2.05, 4.69) is 5.92 Å². The van der Waals surface area contributed by atoms with Crippen molar-refractivity contribution < 1.29 is 14.2 Å². The van der Waals surface area contributed by atoms with Gasteiger partial charge in [-0.3, -0.25) is 0 Å². The van der Waals surface area contributed by atoms with Crippen LogP contribution in [0.2, 0.25) is 0 Å². The zero-order chi connectivity index (χ0) is 10.1. The van der Waals surface area contributed by atoms with E-state index in [1.807, 2.05) is 0 Å². The summed E-state index contributed by atoms with van der Waals surface area (Å²) in [7, 11) is 0. The Balaban J connectivity index is 1.85. The highest BCUT2D eigenvalue weighted by Gasteiger charge is 2.13. The topological polar surface area (TPSA) is 27.7 Å². The quantitative estimate of drug-likeness (QED) is 0.479. The summed E-state index contributed by atoms with van der Waals surface area (Å²) in [5, 5.41) is 0. The van der Waals surface area contributed by atoms with Crippen molar-refractivity contribution in [3.05, 3.63) is 0 Å². The van der Waals surface area contributed by atoms with E-state index in [1.165, 1.54) is 6.42 Å². The molecule has 0 radical (unpaired) electrons. The minimum atomic E-state index is 0.0105. The van der Waals surface area contributed by atoms with Crippen molar-refractivity contribution in [1.82, 2.24) is 0 Å². The Morgan fingerprint density at radius 1 is 1.36 bits per heavy atom. The highest BCUT2D eigenvalue weighted by atomic mass is 16.7. The molecular formula is C11H18O3. The Morgan fingerprint density at radius 3 is 3.00 bits per heavy atom. The largest absolute Gasteiger partial charge is 0.369 e. The van der Waals surface area contributed by atoms with E-state index in [9.17, 15) is 0 Å². The van der Waals surface area contributed by atoms with Crippen LogP contribution in [0.1, 0.15) is 25.7 Å². The molecule has 1 unspecified atom stereocenters. The van der Waals surface area contributed by atoms with Crippen LogP contribution < -0.4 is 0 Å². The van der Waals surface area contributed by atoms with Crippen molar-refractivity contribution in [2.24, 2.45) is 0 Å². The van der Waals surface area contributed by atoms with Crippen LogP contribution in [0.3, 0.4) is 0 Å². The molecule has 0 aromatic carbocycles. The molecule has 3 heteroatoms. The third kappa shape index (κ3) is 5.23. The lowest BCUT2D eigenvalue weighted by molar-refractivity contribution is -0.163. The molecule has 80 valence electrons. The lowest BCUT2D eigenvalue weighted by Crippen LogP contribution is -2.23. The van der Waals surface area contributed by atoms with Crippen LogP contribution >= 0.6 is 0 Å². The molecule has 0 aliphatic carbocycles. The van der Waals surface area contributed by atoms with Gasteiger partial charge in [-0.1, -0.05) is 5.92 Å². The zero-order valence-corrected chi connectivity index (χ0v) is 8.54. The van der Waals surface area contributed by atoms with Crippen LogP contribution in [0, 0.1) is 12.3 Å². The maximum atomic E-state index is 5.51. The van der Waals surface area contributed by atoms with Crippen molar-refractivity contribution >= 4 is 0 Å². The Morgan fingerprint density at radius 2 is 2.29 bits per heavy atom. The molecule has 1 atom stereocenters. The summed E-state index contributed by atoms with van der Waals surface area (Å²) >= 11 is 0. The molecule has 1 saturated heterocycles. The van der Waals surface area contributed by atoms with Crippen LogP contribution in [-0.4, -0.2) is 32.7 Å². The molecule has 0 aromatic heterocycles. The van der Waals surface area contributed by atoms with E-state index < -0.39 is 0 Å². The highest BCUT2D eigenvalue weighted by molar-refractivity contribution is 4.82. The van der Waals surface area contributed by atoms with Gasteiger partial charge in [-0.15, -0.1) is 6.42 Å². The van der Waals surface area contributed by atoms with Crippen LogP contribution in [0.4, 0.5) is 0 Å². The fourth-order valence-electron chi connectivity index (χ4n) is 1.35. The van der Waals surface area contributed by atoms with Gasteiger partial charge in [0.05, 0.1) is 13.2 Å². The number of rotatable bonds is 6. The van der Waals surface area contributed by atoms with Gasteiger partial charge < -0.3 is 14.2 Å². The van der Waals surface area contributed by atoms with Gasteiger partial charge in [0.15, 0.2) is 6.29 Å². The fraction of sp³-hybridized carbons (Fsp3) is 0.818. The summed E-state index contributed by atoms with van der Waals surface area (Å²) in [5.41, 5.74) is 0. The van der Waals surface area contributed by atoms with E-state index in [0.717, 1.165) is 25.9 Å². The summed E-state index contributed by atoms with van der Waals surface area (Å²) in [5.74, 6) is 2.42. The molecule has 1 rings (SSSR count). The number of ether oxygens (including phenoxy) is 3. The molecule has 1 fully saturated rings. The Bertz CT molecular complexity index is 168. The second kappa shape index (κ2) is 7.81. The number of hydrogen-bond donors (Lipinski definition) is 0. The normalized spacial score (nSPS) is 21.8. The fourth-order valence-corrected chi connectivity index (χ4v) is 1.35. The van der Waals surface area contributed by atoms with Crippen LogP contribution in [0.25, 0.3) is 0 Å².